The maximum atomic E-state index is 12.4. The van der Waals surface area contributed by atoms with Gasteiger partial charge in [-0.05, 0) is 37.3 Å². The van der Waals surface area contributed by atoms with Crippen molar-refractivity contribution >= 4 is 29.4 Å². The van der Waals surface area contributed by atoms with E-state index in [0.29, 0.717) is 36.9 Å². The molecule has 2 heterocycles. The van der Waals surface area contributed by atoms with Crippen molar-refractivity contribution in [1.29, 1.82) is 0 Å². The van der Waals surface area contributed by atoms with Crippen molar-refractivity contribution in [2.75, 3.05) is 38.6 Å². The van der Waals surface area contributed by atoms with Crippen LogP contribution in [0.4, 0.5) is 10.5 Å². The van der Waals surface area contributed by atoms with Crippen molar-refractivity contribution < 1.29 is 23.9 Å². The SMILES string of the molecule is COc1cccc(NC(=O)CCC2CCN(C(=O)CN3C(=O)CNC3=O)CC2)c1. The highest BCUT2D eigenvalue weighted by Gasteiger charge is 2.32. The van der Waals surface area contributed by atoms with Gasteiger partial charge in [-0.25, -0.2) is 4.79 Å². The number of hydrogen-bond acceptors (Lipinski definition) is 5. The fourth-order valence-corrected chi connectivity index (χ4v) is 3.58. The average molecular weight is 402 g/mol. The van der Waals surface area contributed by atoms with E-state index in [1.54, 1.807) is 18.1 Å². The zero-order chi connectivity index (χ0) is 20.8. The minimum Gasteiger partial charge on any atom is -0.497 e. The number of ether oxygens (including phenoxy) is 1. The normalized spacial score (nSPS) is 17.3. The number of rotatable bonds is 7. The molecule has 29 heavy (non-hydrogen) atoms. The topological polar surface area (TPSA) is 108 Å². The Morgan fingerprint density at radius 1 is 1.24 bits per heavy atom. The van der Waals surface area contributed by atoms with Gasteiger partial charge in [0.1, 0.15) is 12.3 Å². The predicted molar refractivity (Wildman–Crippen MR) is 105 cm³/mol. The number of carbonyl (C=O) groups is 4. The van der Waals surface area contributed by atoms with Gasteiger partial charge in [0.15, 0.2) is 0 Å². The standard InChI is InChI=1S/C20H26N4O5/c1-29-16-4-2-3-15(11-16)22-17(25)6-5-14-7-9-23(10-8-14)19(27)13-24-18(26)12-21-20(24)28/h2-4,11,14H,5-10,12-13H2,1H3,(H,21,28)(H,22,25). The molecule has 0 saturated carbocycles. The van der Waals surface area contributed by atoms with E-state index in [1.807, 2.05) is 18.2 Å². The van der Waals surface area contributed by atoms with Crippen LogP contribution in [-0.2, 0) is 14.4 Å². The molecule has 0 atom stereocenters. The first-order valence-electron chi connectivity index (χ1n) is 9.76. The predicted octanol–water partition coefficient (Wildman–Crippen LogP) is 1.20. The number of amides is 5. The summed E-state index contributed by atoms with van der Waals surface area (Å²) in [4.78, 5) is 50.3. The Bertz CT molecular complexity index is 773. The summed E-state index contributed by atoms with van der Waals surface area (Å²) in [5.41, 5.74) is 0.704. The summed E-state index contributed by atoms with van der Waals surface area (Å²) < 4.78 is 5.15. The second-order valence-electron chi connectivity index (χ2n) is 7.28. The summed E-state index contributed by atoms with van der Waals surface area (Å²) in [6.07, 6.45) is 2.78. The highest BCUT2D eigenvalue weighted by Crippen LogP contribution is 2.23. The van der Waals surface area contributed by atoms with Crippen molar-refractivity contribution in [1.82, 2.24) is 15.1 Å². The van der Waals surface area contributed by atoms with Crippen LogP contribution in [0.3, 0.4) is 0 Å². The lowest BCUT2D eigenvalue weighted by Gasteiger charge is -2.32. The number of carbonyl (C=O) groups excluding carboxylic acids is 4. The van der Waals surface area contributed by atoms with Crippen LogP contribution in [0.2, 0.25) is 0 Å². The van der Waals surface area contributed by atoms with Gasteiger partial charge in [-0.15, -0.1) is 0 Å². The summed E-state index contributed by atoms with van der Waals surface area (Å²) in [6, 6.07) is 6.71. The van der Waals surface area contributed by atoms with Crippen molar-refractivity contribution in [2.24, 2.45) is 5.92 Å². The lowest BCUT2D eigenvalue weighted by molar-refractivity contribution is -0.137. The fourth-order valence-electron chi connectivity index (χ4n) is 3.58. The van der Waals surface area contributed by atoms with E-state index < -0.39 is 6.03 Å². The fraction of sp³-hybridized carbons (Fsp3) is 0.500. The summed E-state index contributed by atoms with van der Waals surface area (Å²) >= 11 is 0. The molecule has 3 rings (SSSR count). The number of urea groups is 1. The van der Waals surface area contributed by atoms with Gasteiger partial charge in [0.2, 0.25) is 11.8 Å². The number of imide groups is 1. The van der Waals surface area contributed by atoms with Crippen LogP contribution in [0.15, 0.2) is 24.3 Å². The lowest BCUT2D eigenvalue weighted by Crippen LogP contribution is -2.46. The minimum absolute atomic E-state index is 0.0460. The second kappa shape index (κ2) is 9.40. The van der Waals surface area contributed by atoms with E-state index in [-0.39, 0.29) is 30.8 Å². The molecule has 5 amide bonds. The van der Waals surface area contributed by atoms with Gasteiger partial charge in [-0.2, -0.15) is 0 Å². The molecule has 0 radical (unpaired) electrons. The van der Waals surface area contributed by atoms with Crippen LogP contribution in [0.25, 0.3) is 0 Å². The first-order valence-corrected chi connectivity index (χ1v) is 9.76. The number of anilines is 1. The van der Waals surface area contributed by atoms with Crippen LogP contribution in [0, 0.1) is 5.92 Å². The molecular weight excluding hydrogens is 376 g/mol. The van der Waals surface area contributed by atoms with Crippen LogP contribution >= 0.6 is 0 Å². The summed E-state index contributed by atoms with van der Waals surface area (Å²) in [6.45, 7) is 0.888. The Kier molecular flexibility index (Phi) is 6.69. The van der Waals surface area contributed by atoms with Crippen molar-refractivity contribution in [3.8, 4) is 5.75 Å². The second-order valence-corrected chi connectivity index (χ2v) is 7.28. The largest absolute Gasteiger partial charge is 0.497 e. The third-order valence-electron chi connectivity index (χ3n) is 5.33. The summed E-state index contributed by atoms with van der Waals surface area (Å²) in [5.74, 6) is 0.417. The molecular formula is C20H26N4O5. The first-order chi connectivity index (χ1) is 14.0. The quantitative estimate of drug-likeness (QED) is 0.667. The average Bonchev–Trinajstić information content (AvgIpc) is 3.04. The van der Waals surface area contributed by atoms with E-state index in [0.717, 1.165) is 24.2 Å². The molecule has 1 aromatic rings. The molecule has 2 N–H and O–H groups in total. The zero-order valence-electron chi connectivity index (χ0n) is 16.5. The van der Waals surface area contributed by atoms with Gasteiger partial charge >= 0.3 is 6.03 Å². The number of methoxy groups -OCH3 is 1. The number of piperidine rings is 1. The van der Waals surface area contributed by atoms with E-state index in [4.69, 9.17) is 4.74 Å². The van der Waals surface area contributed by atoms with Gasteiger partial charge in [-0.3, -0.25) is 19.3 Å². The molecule has 2 aliphatic heterocycles. The number of nitrogens with one attached hydrogen (secondary N) is 2. The van der Waals surface area contributed by atoms with E-state index >= 15 is 0 Å². The monoisotopic (exact) mass is 402 g/mol. The van der Waals surface area contributed by atoms with Crippen LogP contribution in [0.5, 0.6) is 5.75 Å². The van der Waals surface area contributed by atoms with Crippen LogP contribution < -0.4 is 15.4 Å². The summed E-state index contributed by atoms with van der Waals surface area (Å²) in [5, 5.41) is 5.28. The first kappa shape index (κ1) is 20.6. The van der Waals surface area contributed by atoms with Gasteiger partial charge in [-0.1, -0.05) is 6.07 Å². The Labute approximate surface area is 169 Å². The highest BCUT2D eigenvalue weighted by molar-refractivity contribution is 6.04. The van der Waals surface area contributed by atoms with Gasteiger partial charge in [0.05, 0.1) is 13.7 Å². The molecule has 156 valence electrons. The Balaban J connectivity index is 1.38. The molecule has 0 unspecified atom stereocenters. The number of likely N-dealkylation sites (tertiary alicyclic amines) is 1. The molecule has 9 heteroatoms. The van der Waals surface area contributed by atoms with E-state index in [9.17, 15) is 19.2 Å². The third-order valence-corrected chi connectivity index (χ3v) is 5.33. The van der Waals surface area contributed by atoms with Crippen molar-refractivity contribution in [3.05, 3.63) is 24.3 Å². The molecule has 2 fully saturated rings. The molecule has 0 spiro atoms. The summed E-state index contributed by atoms with van der Waals surface area (Å²) in [7, 11) is 1.58. The zero-order valence-corrected chi connectivity index (χ0v) is 16.5. The van der Waals surface area contributed by atoms with Gasteiger partial charge < -0.3 is 20.3 Å². The van der Waals surface area contributed by atoms with Gasteiger partial charge in [0, 0.05) is 31.3 Å². The molecule has 0 aromatic heterocycles. The van der Waals surface area contributed by atoms with Crippen molar-refractivity contribution in [3.63, 3.8) is 0 Å². The minimum atomic E-state index is -0.514. The number of benzene rings is 1. The molecule has 0 bridgehead atoms. The maximum absolute atomic E-state index is 12.4. The lowest BCUT2D eigenvalue weighted by atomic mass is 9.92. The van der Waals surface area contributed by atoms with Crippen molar-refractivity contribution in [2.45, 2.75) is 25.7 Å². The number of nitrogens with zero attached hydrogens (tertiary/aromatic N) is 2. The van der Waals surface area contributed by atoms with E-state index in [1.165, 1.54) is 0 Å². The smallest absolute Gasteiger partial charge is 0.325 e. The Morgan fingerprint density at radius 2 is 2.00 bits per heavy atom. The van der Waals surface area contributed by atoms with Gasteiger partial charge in [0.25, 0.3) is 5.91 Å². The number of hydrogen-bond donors (Lipinski definition) is 2. The Morgan fingerprint density at radius 3 is 2.66 bits per heavy atom. The van der Waals surface area contributed by atoms with Crippen LogP contribution in [0.1, 0.15) is 25.7 Å². The molecule has 0 aliphatic carbocycles. The molecule has 2 aliphatic rings. The van der Waals surface area contributed by atoms with Crippen LogP contribution in [-0.4, -0.2) is 66.8 Å². The maximum Gasteiger partial charge on any atom is 0.325 e. The molecule has 1 aromatic carbocycles. The third kappa shape index (κ3) is 5.46. The molecule has 9 nitrogen and oxygen atoms in total. The molecule has 2 saturated heterocycles. The van der Waals surface area contributed by atoms with E-state index in [2.05, 4.69) is 10.6 Å². The Hall–Kier alpha value is -3.10. The highest BCUT2D eigenvalue weighted by atomic mass is 16.5.